The molecule has 1 aliphatic carbocycles. The Morgan fingerprint density at radius 3 is 2.18 bits per heavy atom. The summed E-state index contributed by atoms with van der Waals surface area (Å²) < 4.78 is 107. The van der Waals surface area contributed by atoms with Gasteiger partial charge in [-0.1, -0.05) is 13.8 Å². The minimum atomic E-state index is -5.06. The fourth-order valence-electron chi connectivity index (χ4n) is 5.77. The lowest BCUT2D eigenvalue weighted by molar-refractivity contribution is -0.143. The molecule has 6 nitrogen and oxygen atoms in total. The minimum Gasteiger partial charge on any atom is -0.496 e. The van der Waals surface area contributed by atoms with Crippen molar-refractivity contribution < 1.29 is 49.8 Å². The first kappa shape index (κ1) is 33.1. The van der Waals surface area contributed by atoms with Crippen LogP contribution in [-0.2, 0) is 21.9 Å². The summed E-state index contributed by atoms with van der Waals surface area (Å²) >= 11 is 0. The molecule has 2 aliphatic rings. The summed E-state index contributed by atoms with van der Waals surface area (Å²) in [4.78, 5) is 27.6. The van der Waals surface area contributed by atoms with E-state index in [0.29, 0.717) is 30.5 Å². The third-order valence-electron chi connectivity index (χ3n) is 8.29. The maximum absolute atomic E-state index is 15.0. The van der Waals surface area contributed by atoms with E-state index in [1.54, 1.807) is 0 Å². The van der Waals surface area contributed by atoms with E-state index >= 15 is 0 Å². The maximum Gasteiger partial charge on any atom is 0.416 e. The number of methoxy groups -OCH3 is 1. The molecule has 1 saturated heterocycles. The topological polar surface area (TPSA) is 59.1 Å². The SMILES string of the molecule is COc1cc(F)c(N(C)C(C)=O)cc1C1=C(CN2C(=O)O[C@H](c3cc(C(F)(F)F)cc(C(F)(F)F)c3)[C@@H]2C)CC(C)(C)CC1. The molecule has 2 amide bonds. The average Bonchev–Trinajstić information content (AvgIpc) is 3.19. The second-order valence-electron chi connectivity index (χ2n) is 12.0. The number of ether oxygens (including phenoxy) is 2. The van der Waals surface area contributed by atoms with E-state index in [1.807, 2.05) is 13.8 Å². The van der Waals surface area contributed by atoms with Crippen molar-refractivity contribution in [3.63, 3.8) is 0 Å². The quantitative estimate of drug-likeness (QED) is 0.301. The Labute approximate surface area is 250 Å². The van der Waals surface area contributed by atoms with Crippen molar-refractivity contribution in [2.75, 3.05) is 25.6 Å². The number of hydrogen-bond donors (Lipinski definition) is 0. The molecule has 1 heterocycles. The van der Waals surface area contributed by atoms with Gasteiger partial charge in [-0.25, -0.2) is 9.18 Å². The van der Waals surface area contributed by atoms with Crippen LogP contribution in [0.4, 0.5) is 41.2 Å². The Morgan fingerprint density at radius 1 is 1.07 bits per heavy atom. The summed E-state index contributed by atoms with van der Waals surface area (Å²) in [6, 6.07) is 2.90. The zero-order chi connectivity index (χ0) is 32.9. The lowest BCUT2D eigenvalue weighted by atomic mass is 9.72. The number of carbonyl (C=O) groups excluding carboxylic acids is 2. The van der Waals surface area contributed by atoms with Gasteiger partial charge in [-0.15, -0.1) is 0 Å². The molecule has 2 aromatic carbocycles. The van der Waals surface area contributed by atoms with Crippen LogP contribution in [0.15, 0.2) is 35.9 Å². The lowest BCUT2D eigenvalue weighted by Gasteiger charge is -2.36. The lowest BCUT2D eigenvalue weighted by Crippen LogP contribution is -2.35. The van der Waals surface area contributed by atoms with Crippen molar-refractivity contribution in [2.45, 2.75) is 71.5 Å². The Morgan fingerprint density at radius 2 is 1.66 bits per heavy atom. The number of rotatable bonds is 6. The number of alkyl halides is 6. The summed E-state index contributed by atoms with van der Waals surface area (Å²) in [5.74, 6) is -0.878. The Bertz CT molecular complexity index is 1460. The van der Waals surface area contributed by atoms with Crippen LogP contribution in [0.5, 0.6) is 5.75 Å². The van der Waals surface area contributed by atoms with Crippen LogP contribution in [0.25, 0.3) is 5.57 Å². The third-order valence-corrected chi connectivity index (χ3v) is 8.29. The van der Waals surface area contributed by atoms with Crippen LogP contribution in [0.1, 0.15) is 75.3 Å². The number of benzene rings is 2. The average molecular weight is 631 g/mol. The van der Waals surface area contributed by atoms with E-state index in [-0.39, 0.29) is 29.5 Å². The zero-order valence-corrected chi connectivity index (χ0v) is 25.0. The predicted molar refractivity (Wildman–Crippen MR) is 148 cm³/mol. The molecule has 0 aromatic heterocycles. The fourth-order valence-corrected chi connectivity index (χ4v) is 5.77. The first-order valence-corrected chi connectivity index (χ1v) is 13.8. The number of amides is 2. The van der Waals surface area contributed by atoms with Crippen LogP contribution in [0.2, 0.25) is 0 Å². The third kappa shape index (κ3) is 6.66. The monoisotopic (exact) mass is 630 g/mol. The Balaban J connectivity index is 1.78. The van der Waals surface area contributed by atoms with Crippen molar-refractivity contribution in [3.8, 4) is 5.75 Å². The summed E-state index contributed by atoms with van der Waals surface area (Å²) in [6.45, 7) is 6.79. The smallest absolute Gasteiger partial charge is 0.416 e. The van der Waals surface area contributed by atoms with Crippen molar-refractivity contribution >= 4 is 23.3 Å². The second kappa shape index (κ2) is 11.6. The molecule has 1 aliphatic heterocycles. The molecular formula is C31H33F7N2O4. The second-order valence-corrected chi connectivity index (χ2v) is 12.0. The molecule has 0 bridgehead atoms. The number of nitrogens with zero attached hydrogens (tertiary/aromatic N) is 2. The van der Waals surface area contributed by atoms with E-state index in [9.17, 15) is 40.3 Å². The normalized spacial score (nSPS) is 20.6. The molecule has 0 radical (unpaired) electrons. The van der Waals surface area contributed by atoms with Gasteiger partial charge in [0.05, 0.1) is 30.0 Å². The molecule has 0 spiro atoms. The summed E-state index contributed by atoms with van der Waals surface area (Å²) in [6.07, 6.45) is -10.7. The van der Waals surface area contributed by atoms with Gasteiger partial charge in [-0.2, -0.15) is 26.3 Å². The molecule has 240 valence electrons. The van der Waals surface area contributed by atoms with Gasteiger partial charge < -0.3 is 14.4 Å². The number of anilines is 1. The number of hydrogen-bond acceptors (Lipinski definition) is 4. The highest BCUT2D eigenvalue weighted by molar-refractivity contribution is 5.92. The van der Waals surface area contributed by atoms with Gasteiger partial charge in [-0.05, 0) is 72.6 Å². The van der Waals surface area contributed by atoms with Gasteiger partial charge in [-0.3, -0.25) is 9.69 Å². The Hall–Kier alpha value is -3.77. The molecule has 0 unspecified atom stereocenters. The van der Waals surface area contributed by atoms with Crippen LogP contribution < -0.4 is 9.64 Å². The summed E-state index contributed by atoms with van der Waals surface area (Å²) in [5, 5.41) is 0. The molecule has 2 atom stereocenters. The van der Waals surface area contributed by atoms with E-state index in [1.165, 1.54) is 45.0 Å². The van der Waals surface area contributed by atoms with Gasteiger partial charge in [0.1, 0.15) is 11.9 Å². The largest absolute Gasteiger partial charge is 0.496 e. The maximum atomic E-state index is 15.0. The van der Waals surface area contributed by atoms with Crippen LogP contribution in [-0.4, -0.2) is 43.6 Å². The highest BCUT2D eigenvalue weighted by Crippen LogP contribution is 2.47. The van der Waals surface area contributed by atoms with Crippen molar-refractivity contribution in [3.05, 3.63) is 64.0 Å². The molecule has 4 rings (SSSR count). The molecule has 0 N–H and O–H groups in total. The van der Waals surface area contributed by atoms with Gasteiger partial charge in [0.2, 0.25) is 5.91 Å². The molecular weight excluding hydrogens is 597 g/mol. The van der Waals surface area contributed by atoms with Gasteiger partial charge in [0, 0.05) is 32.1 Å². The molecule has 2 aromatic rings. The van der Waals surface area contributed by atoms with Gasteiger partial charge in [0.25, 0.3) is 0 Å². The molecule has 13 heteroatoms. The van der Waals surface area contributed by atoms with E-state index in [0.717, 1.165) is 22.5 Å². The molecule has 0 saturated carbocycles. The van der Waals surface area contributed by atoms with E-state index in [4.69, 9.17) is 9.47 Å². The number of carbonyl (C=O) groups is 2. The van der Waals surface area contributed by atoms with Crippen LogP contribution in [0.3, 0.4) is 0 Å². The van der Waals surface area contributed by atoms with Gasteiger partial charge >= 0.3 is 18.4 Å². The van der Waals surface area contributed by atoms with Crippen LogP contribution >= 0.6 is 0 Å². The highest BCUT2D eigenvalue weighted by atomic mass is 19.4. The van der Waals surface area contributed by atoms with Crippen LogP contribution in [0, 0.1) is 11.2 Å². The fraction of sp³-hybridized carbons (Fsp3) is 0.484. The Kier molecular flexibility index (Phi) is 8.75. The zero-order valence-electron chi connectivity index (χ0n) is 25.0. The first-order valence-electron chi connectivity index (χ1n) is 13.8. The van der Waals surface area contributed by atoms with Gasteiger partial charge in [0.15, 0.2) is 5.82 Å². The summed E-state index contributed by atoms with van der Waals surface area (Å²) in [7, 11) is 2.80. The summed E-state index contributed by atoms with van der Waals surface area (Å²) in [5.41, 5.74) is -1.65. The van der Waals surface area contributed by atoms with Crippen molar-refractivity contribution in [1.82, 2.24) is 4.90 Å². The van der Waals surface area contributed by atoms with E-state index in [2.05, 4.69) is 0 Å². The van der Waals surface area contributed by atoms with E-state index < -0.39 is 59.0 Å². The first-order chi connectivity index (χ1) is 20.2. The number of cyclic esters (lactones) is 1. The highest BCUT2D eigenvalue weighted by Gasteiger charge is 2.44. The predicted octanol–water partition coefficient (Wildman–Crippen LogP) is 8.40. The van der Waals surface area contributed by atoms with Crippen molar-refractivity contribution in [1.29, 1.82) is 0 Å². The standard InChI is InChI=1S/C31H33F7N2O4/c1-16-27(18-9-20(30(33,34)35)11-21(10-18)31(36,37)38)44-28(42)40(16)15-19-14-29(3,4)8-7-22(19)23-12-25(39(5)17(2)41)24(32)13-26(23)43-6/h9-13,16,27H,7-8,14-15H2,1-6H3/t16-,27-/m0/s1. The minimum absolute atomic E-state index is 0.0176. The number of halogens is 7. The van der Waals surface area contributed by atoms with Crippen molar-refractivity contribution in [2.24, 2.45) is 5.41 Å². The molecule has 44 heavy (non-hydrogen) atoms. The number of allylic oxidation sites excluding steroid dienone is 1. The molecule has 1 fully saturated rings.